The van der Waals surface area contributed by atoms with Crippen LogP contribution < -0.4 is 14.4 Å². The molecule has 0 radical (unpaired) electrons. The van der Waals surface area contributed by atoms with Crippen molar-refractivity contribution in [3.05, 3.63) is 54.1 Å². The maximum atomic E-state index is 13.4. The van der Waals surface area contributed by atoms with E-state index in [9.17, 15) is 13.6 Å². The summed E-state index contributed by atoms with van der Waals surface area (Å²) in [7, 11) is 0. The number of ether oxygens (including phenoxy) is 2. The molecule has 0 unspecified atom stereocenters. The molecule has 0 fully saturated rings. The van der Waals surface area contributed by atoms with Crippen LogP contribution in [0.15, 0.2) is 42.5 Å². The van der Waals surface area contributed by atoms with Crippen molar-refractivity contribution in [2.75, 3.05) is 24.7 Å². The first-order valence-corrected chi connectivity index (χ1v) is 7.66. The molecule has 0 aromatic heterocycles. The van der Waals surface area contributed by atoms with Crippen LogP contribution in [-0.4, -0.2) is 25.7 Å². The minimum Gasteiger partial charge on any atom is -0.490 e. The number of carbonyl (C=O) groups is 1. The zero-order chi connectivity index (χ0) is 17.5. The van der Waals surface area contributed by atoms with Gasteiger partial charge < -0.3 is 14.4 Å². The van der Waals surface area contributed by atoms with Crippen molar-refractivity contribution in [2.24, 2.45) is 0 Å². The Balaban J connectivity index is 2.08. The van der Waals surface area contributed by atoms with Crippen molar-refractivity contribution in [3.63, 3.8) is 0 Å². The molecule has 0 saturated carbocycles. The zero-order valence-electron chi connectivity index (χ0n) is 13.6. The van der Waals surface area contributed by atoms with Gasteiger partial charge in [-0.05, 0) is 38.1 Å². The van der Waals surface area contributed by atoms with Crippen molar-refractivity contribution in [1.82, 2.24) is 0 Å². The van der Waals surface area contributed by atoms with E-state index in [0.29, 0.717) is 24.7 Å². The second-order valence-electron chi connectivity index (χ2n) is 4.90. The molecule has 0 saturated heterocycles. The van der Waals surface area contributed by atoms with Crippen LogP contribution in [0.25, 0.3) is 0 Å². The first kappa shape index (κ1) is 17.7. The van der Waals surface area contributed by atoms with Gasteiger partial charge in [-0.25, -0.2) is 8.78 Å². The van der Waals surface area contributed by atoms with Gasteiger partial charge in [0.25, 0.3) is 5.91 Å². The smallest absolute Gasteiger partial charge is 0.264 e. The zero-order valence-corrected chi connectivity index (χ0v) is 13.6. The Morgan fingerprint density at radius 1 is 1.00 bits per heavy atom. The summed E-state index contributed by atoms with van der Waals surface area (Å²) in [6.07, 6.45) is 0. The van der Waals surface area contributed by atoms with Gasteiger partial charge in [0, 0.05) is 18.3 Å². The van der Waals surface area contributed by atoms with Crippen molar-refractivity contribution < 1.29 is 23.0 Å². The monoisotopic (exact) mass is 335 g/mol. The van der Waals surface area contributed by atoms with Crippen LogP contribution in [0.3, 0.4) is 0 Å². The molecule has 4 nitrogen and oxygen atoms in total. The second-order valence-corrected chi connectivity index (χ2v) is 4.90. The maximum Gasteiger partial charge on any atom is 0.264 e. The van der Waals surface area contributed by atoms with Crippen molar-refractivity contribution in [1.29, 1.82) is 0 Å². The molecule has 0 aliphatic rings. The summed E-state index contributed by atoms with van der Waals surface area (Å²) >= 11 is 0. The molecule has 0 bridgehead atoms. The molecular weight excluding hydrogens is 316 g/mol. The highest BCUT2D eigenvalue weighted by Crippen LogP contribution is 2.26. The number of hydrogen-bond donors (Lipinski definition) is 0. The molecule has 0 heterocycles. The first-order chi connectivity index (χ1) is 11.6. The molecule has 0 N–H and O–H groups in total. The fourth-order valence-electron chi connectivity index (χ4n) is 2.22. The van der Waals surface area contributed by atoms with Crippen molar-refractivity contribution in [2.45, 2.75) is 13.8 Å². The molecule has 0 spiro atoms. The number of benzene rings is 2. The summed E-state index contributed by atoms with van der Waals surface area (Å²) in [6.45, 7) is 4.14. The summed E-state index contributed by atoms with van der Waals surface area (Å²) in [5.74, 6) is -1.32. The number of carbonyl (C=O) groups excluding carboxylic acids is 1. The van der Waals surface area contributed by atoms with E-state index in [4.69, 9.17) is 9.47 Å². The van der Waals surface area contributed by atoms with Gasteiger partial charge in [-0.2, -0.15) is 0 Å². The van der Waals surface area contributed by atoms with Gasteiger partial charge in [-0.3, -0.25) is 4.79 Å². The fourth-order valence-corrected chi connectivity index (χ4v) is 2.22. The van der Waals surface area contributed by atoms with E-state index >= 15 is 0 Å². The normalized spacial score (nSPS) is 10.3. The molecule has 2 aromatic rings. The Bertz CT molecular complexity index is 706. The van der Waals surface area contributed by atoms with Crippen LogP contribution >= 0.6 is 0 Å². The first-order valence-electron chi connectivity index (χ1n) is 7.66. The van der Waals surface area contributed by atoms with Gasteiger partial charge in [0.2, 0.25) is 0 Å². The minimum atomic E-state index is -0.999. The molecule has 2 rings (SSSR count). The second kappa shape index (κ2) is 8.29. The molecular formula is C18H19F2NO3. The Kier molecular flexibility index (Phi) is 6.12. The number of amides is 1. The van der Waals surface area contributed by atoms with Crippen LogP contribution in [0, 0.1) is 11.6 Å². The van der Waals surface area contributed by atoms with E-state index < -0.39 is 11.6 Å². The third-order valence-electron chi connectivity index (χ3n) is 3.33. The molecule has 24 heavy (non-hydrogen) atoms. The number of hydrogen-bond acceptors (Lipinski definition) is 3. The third kappa shape index (κ3) is 4.22. The lowest BCUT2D eigenvalue weighted by Gasteiger charge is -2.21. The predicted molar refractivity (Wildman–Crippen MR) is 87.5 cm³/mol. The molecule has 6 heteroatoms. The average Bonchev–Trinajstić information content (AvgIpc) is 2.58. The molecule has 0 aliphatic heterocycles. The van der Waals surface area contributed by atoms with Crippen molar-refractivity contribution in [3.8, 4) is 11.5 Å². The van der Waals surface area contributed by atoms with Gasteiger partial charge >= 0.3 is 0 Å². The Hall–Kier alpha value is -2.63. The number of anilines is 1. The van der Waals surface area contributed by atoms with Gasteiger partial charge in [-0.15, -0.1) is 0 Å². The SMILES string of the molecule is CCOc1ccccc1OCC(=O)N(CC)c1ccc(F)c(F)c1. The summed E-state index contributed by atoms with van der Waals surface area (Å²) < 4.78 is 37.4. The van der Waals surface area contributed by atoms with E-state index in [-0.39, 0.29) is 18.2 Å². The molecule has 0 aliphatic carbocycles. The van der Waals surface area contributed by atoms with Crippen LogP contribution in [0.1, 0.15) is 13.8 Å². The van der Waals surface area contributed by atoms with Crippen molar-refractivity contribution >= 4 is 11.6 Å². The lowest BCUT2D eigenvalue weighted by atomic mass is 10.2. The summed E-state index contributed by atoms with van der Waals surface area (Å²) in [4.78, 5) is 13.7. The average molecular weight is 335 g/mol. The van der Waals surface area contributed by atoms with Crippen LogP contribution in [-0.2, 0) is 4.79 Å². The number of halogens is 2. The van der Waals surface area contributed by atoms with Gasteiger partial charge in [0.1, 0.15) is 0 Å². The number of para-hydroxylation sites is 2. The standard InChI is InChI=1S/C18H19F2NO3/c1-3-21(13-9-10-14(19)15(20)11-13)18(22)12-24-17-8-6-5-7-16(17)23-4-2/h5-11H,3-4,12H2,1-2H3. The third-order valence-corrected chi connectivity index (χ3v) is 3.33. The quantitative estimate of drug-likeness (QED) is 0.773. The lowest BCUT2D eigenvalue weighted by molar-refractivity contribution is -0.120. The van der Waals surface area contributed by atoms with Gasteiger partial charge in [0.15, 0.2) is 29.7 Å². The Morgan fingerprint density at radius 3 is 2.25 bits per heavy atom. The number of likely N-dealkylation sites (N-methyl/N-ethyl adjacent to an activating group) is 1. The number of rotatable bonds is 7. The number of nitrogens with zero attached hydrogens (tertiary/aromatic N) is 1. The summed E-state index contributed by atoms with van der Waals surface area (Å²) in [6, 6.07) is 10.4. The highest BCUT2D eigenvalue weighted by molar-refractivity contribution is 5.94. The van der Waals surface area contributed by atoms with Gasteiger partial charge in [0.05, 0.1) is 6.61 Å². The molecule has 128 valence electrons. The summed E-state index contributed by atoms with van der Waals surface area (Å²) in [5, 5.41) is 0. The Labute approximate surface area is 139 Å². The van der Waals surface area contributed by atoms with E-state index in [0.717, 1.165) is 12.1 Å². The van der Waals surface area contributed by atoms with Crippen LogP contribution in [0.5, 0.6) is 11.5 Å². The highest BCUT2D eigenvalue weighted by atomic mass is 19.2. The molecule has 0 atom stereocenters. The van der Waals surface area contributed by atoms with E-state index in [1.54, 1.807) is 31.2 Å². The summed E-state index contributed by atoms with van der Waals surface area (Å²) in [5.41, 5.74) is 0.281. The van der Waals surface area contributed by atoms with E-state index in [2.05, 4.69) is 0 Å². The largest absolute Gasteiger partial charge is 0.490 e. The maximum absolute atomic E-state index is 13.4. The fraction of sp³-hybridized carbons (Fsp3) is 0.278. The predicted octanol–water partition coefficient (Wildman–Crippen LogP) is 3.80. The van der Waals surface area contributed by atoms with Crippen LogP contribution in [0.2, 0.25) is 0 Å². The molecule has 2 aromatic carbocycles. The minimum absolute atomic E-state index is 0.239. The van der Waals surface area contributed by atoms with E-state index in [1.807, 2.05) is 6.92 Å². The highest BCUT2D eigenvalue weighted by Gasteiger charge is 2.17. The van der Waals surface area contributed by atoms with Crippen LogP contribution in [0.4, 0.5) is 14.5 Å². The Morgan fingerprint density at radius 2 is 1.67 bits per heavy atom. The van der Waals surface area contributed by atoms with E-state index in [1.165, 1.54) is 11.0 Å². The molecule has 1 amide bonds. The lowest BCUT2D eigenvalue weighted by Crippen LogP contribution is -2.35. The van der Waals surface area contributed by atoms with Gasteiger partial charge in [-0.1, -0.05) is 12.1 Å². The topological polar surface area (TPSA) is 38.8 Å².